The molecule has 1 aromatic heterocycles. The molecule has 2 saturated heterocycles. The van der Waals surface area contributed by atoms with Crippen molar-refractivity contribution >= 4 is 38.6 Å². The fourth-order valence-corrected chi connectivity index (χ4v) is 3.61. The largest absolute Gasteiger partial charge is 0.378 e. The molecule has 2 aromatic rings. The number of carbonyl (C=O) groups is 1. The average Bonchev–Trinajstić information content (AvgIpc) is 2.67. The van der Waals surface area contributed by atoms with Crippen LogP contribution in [0.4, 0.5) is 5.82 Å². The van der Waals surface area contributed by atoms with Crippen LogP contribution in [-0.4, -0.2) is 72.9 Å². The molecule has 1 amide bonds. The van der Waals surface area contributed by atoms with Gasteiger partial charge in [0.05, 0.1) is 31.9 Å². The molecule has 1 atom stereocenters. The Kier molecular flexibility index (Phi) is 4.82. The van der Waals surface area contributed by atoms with Crippen molar-refractivity contribution in [1.29, 1.82) is 0 Å². The minimum atomic E-state index is -0.469. The van der Waals surface area contributed by atoms with Crippen LogP contribution in [0.2, 0.25) is 0 Å². The average molecular weight is 407 g/mol. The van der Waals surface area contributed by atoms with Crippen molar-refractivity contribution < 1.29 is 14.3 Å². The number of fused-ring (bicyclic) bond motifs is 1. The number of rotatable bonds is 2. The monoisotopic (exact) mass is 406 g/mol. The molecule has 1 unspecified atom stereocenters. The Balaban J connectivity index is 1.57. The lowest BCUT2D eigenvalue weighted by Crippen LogP contribution is -2.53. The maximum atomic E-state index is 12.7. The molecule has 25 heavy (non-hydrogen) atoms. The van der Waals surface area contributed by atoms with E-state index in [2.05, 4.69) is 30.8 Å². The molecule has 2 aliphatic rings. The molecule has 0 radical (unpaired) electrons. The van der Waals surface area contributed by atoms with Gasteiger partial charge in [-0.15, -0.1) is 0 Å². The van der Waals surface area contributed by atoms with Gasteiger partial charge >= 0.3 is 0 Å². The standard InChI is InChI=1S/C17H19BrN4O3/c18-12-1-2-14-13(9-12)16(20-11-19-14)22-5-8-25-15(10-22)17(23)21-3-6-24-7-4-21/h1-2,9,11,15H,3-8,10H2. The molecule has 8 heteroatoms. The molecule has 2 aliphatic heterocycles. The Bertz CT molecular complexity index is 782. The highest BCUT2D eigenvalue weighted by Crippen LogP contribution is 2.27. The van der Waals surface area contributed by atoms with Crippen molar-refractivity contribution in [3.05, 3.63) is 29.0 Å². The van der Waals surface area contributed by atoms with Gasteiger partial charge in [-0.1, -0.05) is 15.9 Å². The quantitative estimate of drug-likeness (QED) is 0.751. The van der Waals surface area contributed by atoms with Gasteiger partial charge in [0.15, 0.2) is 6.10 Å². The SMILES string of the molecule is O=C(C1CN(c2ncnc3ccc(Br)cc23)CCO1)N1CCOCC1. The molecular formula is C17H19BrN4O3. The molecule has 3 heterocycles. The van der Waals surface area contributed by atoms with E-state index in [1.807, 2.05) is 23.1 Å². The summed E-state index contributed by atoms with van der Waals surface area (Å²) in [5.41, 5.74) is 0.885. The first-order valence-corrected chi connectivity index (χ1v) is 9.15. The number of carbonyl (C=O) groups excluding carboxylic acids is 1. The topological polar surface area (TPSA) is 67.8 Å². The van der Waals surface area contributed by atoms with Crippen LogP contribution in [0, 0.1) is 0 Å². The van der Waals surface area contributed by atoms with Crippen LogP contribution in [0.1, 0.15) is 0 Å². The van der Waals surface area contributed by atoms with Crippen LogP contribution in [0.25, 0.3) is 10.9 Å². The van der Waals surface area contributed by atoms with E-state index in [9.17, 15) is 4.79 Å². The van der Waals surface area contributed by atoms with Gasteiger partial charge in [-0.25, -0.2) is 9.97 Å². The minimum Gasteiger partial charge on any atom is -0.378 e. The van der Waals surface area contributed by atoms with E-state index in [0.29, 0.717) is 46.0 Å². The number of nitrogens with zero attached hydrogens (tertiary/aromatic N) is 4. The van der Waals surface area contributed by atoms with E-state index < -0.39 is 6.10 Å². The van der Waals surface area contributed by atoms with Crippen LogP contribution in [0.3, 0.4) is 0 Å². The molecule has 0 saturated carbocycles. The summed E-state index contributed by atoms with van der Waals surface area (Å²) in [4.78, 5) is 25.5. The number of anilines is 1. The van der Waals surface area contributed by atoms with Crippen molar-refractivity contribution in [2.75, 3.05) is 50.9 Å². The molecule has 0 aliphatic carbocycles. The summed E-state index contributed by atoms with van der Waals surface area (Å²) in [7, 11) is 0. The predicted molar refractivity (Wildman–Crippen MR) is 96.6 cm³/mol. The summed E-state index contributed by atoms with van der Waals surface area (Å²) in [6.45, 7) is 4.13. The number of aromatic nitrogens is 2. The zero-order valence-electron chi connectivity index (χ0n) is 13.7. The molecule has 4 rings (SSSR count). The number of amides is 1. The maximum Gasteiger partial charge on any atom is 0.253 e. The van der Waals surface area contributed by atoms with Gasteiger partial charge in [0.2, 0.25) is 0 Å². The third-order valence-electron chi connectivity index (χ3n) is 4.54. The first-order chi connectivity index (χ1) is 12.2. The number of hydrogen-bond donors (Lipinski definition) is 0. The molecule has 0 N–H and O–H groups in total. The maximum absolute atomic E-state index is 12.7. The van der Waals surface area contributed by atoms with Crippen molar-refractivity contribution in [2.45, 2.75) is 6.10 Å². The highest BCUT2D eigenvalue weighted by atomic mass is 79.9. The molecular weight excluding hydrogens is 388 g/mol. The van der Waals surface area contributed by atoms with E-state index in [1.54, 1.807) is 6.33 Å². The van der Waals surface area contributed by atoms with Crippen molar-refractivity contribution in [3.63, 3.8) is 0 Å². The van der Waals surface area contributed by atoms with Gasteiger partial charge in [0, 0.05) is 29.5 Å². The van der Waals surface area contributed by atoms with E-state index >= 15 is 0 Å². The zero-order chi connectivity index (χ0) is 17.2. The lowest BCUT2D eigenvalue weighted by atomic mass is 10.2. The van der Waals surface area contributed by atoms with Crippen molar-refractivity contribution in [1.82, 2.24) is 14.9 Å². The van der Waals surface area contributed by atoms with Gasteiger partial charge in [-0.3, -0.25) is 4.79 Å². The van der Waals surface area contributed by atoms with Crippen LogP contribution in [0.5, 0.6) is 0 Å². The van der Waals surface area contributed by atoms with Crippen LogP contribution in [0.15, 0.2) is 29.0 Å². The molecule has 1 aromatic carbocycles. The van der Waals surface area contributed by atoms with Crippen LogP contribution >= 0.6 is 15.9 Å². The normalized spacial score (nSPS) is 21.6. The Morgan fingerprint density at radius 1 is 1.16 bits per heavy atom. The second kappa shape index (κ2) is 7.23. The Labute approximate surface area is 154 Å². The fourth-order valence-electron chi connectivity index (χ4n) is 3.25. The third kappa shape index (κ3) is 3.47. The summed E-state index contributed by atoms with van der Waals surface area (Å²) in [5, 5.41) is 0.969. The molecule has 2 fully saturated rings. The van der Waals surface area contributed by atoms with Gasteiger partial charge in [0.25, 0.3) is 5.91 Å². The first-order valence-electron chi connectivity index (χ1n) is 8.36. The zero-order valence-corrected chi connectivity index (χ0v) is 15.3. The minimum absolute atomic E-state index is 0.0348. The summed E-state index contributed by atoms with van der Waals surface area (Å²) in [6, 6.07) is 5.93. The summed E-state index contributed by atoms with van der Waals surface area (Å²) in [5.74, 6) is 0.877. The second-order valence-corrected chi connectivity index (χ2v) is 7.02. The van der Waals surface area contributed by atoms with Gasteiger partial charge < -0.3 is 19.3 Å². The Hall–Kier alpha value is -1.77. The van der Waals surface area contributed by atoms with Gasteiger partial charge in [0.1, 0.15) is 12.1 Å². The number of benzene rings is 1. The molecule has 7 nitrogen and oxygen atoms in total. The lowest BCUT2D eigenvalue weighted by Gasteiger charge is -2.36. The van der Waals surface area contributed by atoms with Gasteiger partial charge in [-0.2, -0.15) is 0 Å². The number of ether oxygens (including phenoxy) is 2. The third-order valence-corrected chi connectivity index (χ3v) is 5.03. The van der Waals surface area contributed by atoms with E-state index in [0.717, 1.165) is 21.2 Å². The first kappa shape index (κ1) is 16.7. The molecule has 0 bridgehead atoms. The highest BCUT2D eigenvalue weighted by molar-refractivity contribution is 9.10. The van der Waals surface area contributed by atoms with Crippen molar-refractivity contribution in [3.8, 4) is 0 Å². The van der Waals surface area contributed by atoms with E-state index in [1.165, 1.54) is 0 Å². The summed E-state index contributed by atoms with van der Waals surface area (Å²) >= 11 is 3.51. The summed E-state index contributed by atoms with van der Waals surface area (Å²) < 4.78 is 12.1. The fraction of sp³-hybridized carbons (Fsp3) is 0.471. The Morgan fingerprint density at radius 2 is 2.00 bits per heavy atom. The van der Waals surface area contributed by atoms with E-state index in [-0.39, 0.29) is 5.91 Å². The number of halogens is 1. The number of hydrogen-bond acceptors (Lipinski definition) is 6. The Morgan fingerprint density at radius 3 is 2.84 bits per heavy atom. The number of morpholine rings is 2. The molecule has 0 spiro atoms. The van der Waals surface area contributed by atoms with Gasteiger partial charge in [-0.05, 0) is 18.2 Å². The predicted octanol–water partition coefficient (Wildman–Crippen LogP) is 1.46. The van der Waals surface area contributed by atoms with Crippen LogP contribution < -0.4 is 4.90 Å². The second-order valence-electron chi connectivity index (χ2n) is 6.10. The lowest BCUT2D eigenvalue weighted by molar-refractivity contribution is -0.148. The van der Waals surface area contributed by atoms with Crippen molar-refractivity contribution in [2.24, 2.45) is 0 Å². The van der Waals surface area contributed by atoms with E-state index in [4.69, 9.17) is 9.47 Å². The smallest absolute Gasteiger partial charge is 0.253 e. The van der Waals surface area contributed by atoms with Crippen LogP contribution in [-0.2, 0) is 14.3 Å². The highest BCUT2D eigenvalue weighted by Gasteiger charge is 2.32. The molecule has 132 valence electrons. The summed E-state index contributed by atoms with van der Waals surface area (Å²) in [6.07, 6.45) is 1.10.